The van der Waals surface area contributed by atoms with Crippen LogP contribution in [0.2, 0.25) is 0 Å². The van der Waals surface area contributed by atoms with E-state index < -0.39 is 97.5 Å². The molecule has 96 heavy (non-hydrogen) atoms. The number of unbranched alkanes of at least 4 members (excludes halogenated alkanes) is 37. The summed E-state index contributed by atoms with van der Waals surface area (Å²) in [7, 11) is -9.93. The maximum Gasteiger partial charge on any atom is 0.472 e. The molecular formula is C77H146O17P2. The van der Waals surface area contributed by atoms with Crippen LogP contribution in [0.25, 0.3) is 0 Å². The molecule has 3 unspecified atom stereocenters. The Kier molecular flexibility index (Phi) is 65.3. The molecule has 0 saturated carbocycles. The minimum absolute atomic E-state index is 0.0848. The highest BCUT2D eigenvalue weighted by Gasteiger charge is 2.30. The van der Waals surface area contributed by atoms with E-state index in [-0.39, 0.29) is 25.7 Å². The highest BCUT2D eigenvalue weighted by Crippen LogP contribution is 2.45. The van der Waals surface area contributed by atoms with E-state index in [9.17, 15) is 43.2 Å². The molecule has 17 nitrogen and oxygen atoms in total. The van der Waals surface area contributed by atoms with Crippen molar-refractivity contribution in [3.05, 3.63) is 24.3 Å². The van der Waals surface area contributed by atoms with Crippen LogP contribution in [0, 0.1) is 17.8 Å². The summed E-state index contributed by atoms with van der Waals surface area (Å²) in [6.45, 7) is 11.8. The first-order valence-electron chi connectivity index (χ1n) is 39.2. The average Bonchev–Trinajstić information content (AvgIpc) is 1.18. The van der Waals surface area contributed by atoms with Crippen molar-refractivity contribution in [2.75, 3.05) is 39.6 Å². The number of rotatable bonds is 73. The molecule has 0 bridgehead atoms. The normalized spacial score (nSPS) is 14.5. The number of aliphatic hydroxyl groups excluding tert-OH is 1. The lowest BCUT2D eigenvalue weighted by Gasteiger charge is -2.21. The Morgan fingerprint density at radius 2 is 0.615 bits per heavy atom. The molecule has 0 saturated heterocycles. The summed E-state index contributed by atoms with van der Waals surface area (Å²) in [6, 6.07) is 0. The van der Waals surface area contributed by atoms with E-state index >= 15 is 0 Å². The number of phosphoric ester groups is 2. The number of carbonyl (C=O) groups is 4. The van der Waals surface area contributed by atoms with Crippen LogP contribution in [0.3, 0.4) is 0 Å². The van der Waals surface area contributed by atoms with Gasteiger partial charge in [-0.15, -0.1) is 0 Å². The van der Waals surface area contributed by atoms with Gasteiger partial charge in [-0.05, 0) is 69.1 Å². The van der Waals surface area contributed by atoms with Gasteiger partial charge in [0.1, 0.15) is 19.3 Å². The summed E-state index contributed by atoms with van der Waals surface area (Å²) < 4.78 is 68.5. The predicted molar refractivity (Wildman–Crippen MR) is 390 cm³/mol. The van der Waals surface area contributed by atoms with Crippen molar-refractivity contribution in [3.63, 3.8) is 0 Å². The molecule has 0 aliphatic carbocycles. The van der Waals surface area contributed by atoms with Crippen LogP contribution in [-0.2, 0) is 65.4 Å². The van der Waals surface area contributed by atoms with Gasteiger partial charge in [-0.2, -0.15) is 0 Å². The molecule has 0 radical (unpaired) electrons. The number of esters is 4. The van der Waals surface area contributed by atoms with Gasteiger partial charge in [-0.3, -0.25) is 37.3 Å². The summed E-state index contributed by atoms with van der Waals surface area (Å²) in [5.41, 5.74) is 0. The second kappa shape index (κ2) is 67.1. The molecule has 566 valence electrons. The highest BCUT2D eigenvalue weighted by molar-refractivity contribution is 7.47. The Bertz CT molecular complexity index is 1970. The fourth-order valence-corrected chi connectivity index (χ4v) is 12.8. The lowest BCUT2D eigenvalue weighted by molar-refractivity contribution is -0.161. The van der Waals surface area contributed by atoms with Crippen LogP contribution in [0.1, 0.15) is 370 Å². The fourth-order valence-electron chi connectivity index (χ4n) is 11.2. The molecule has 3 N–H and O–H groups in total. The Balaban J connectivity index is 5.29. The molecule has 0 spiro atoms. The zero-order valence-corrected chi connectivity index (χ0v) is 64.1. The second-order valence-electron chi connectivity index (χ2n) is 28.3. The Hall–Kier alpha value is -2.46. The van der Waals surface area contributed by atoms with E-state index in [1.807, 2.05) is 0 Å². The molecular weight excluding hydrogens is 1260 g/mol. The summed E-state index contributed by atoms with van der Waals surface area (Å²) in [5, 5.41) is 10.6. The largest absolute Gasteiger partial charge is 0.472 e. The van der Waals surface area contributed by atoms with Crippen molar-refractivity contribution < 1.29 is 80.2 Å². The van der Waals surface area contributed by atoms with E-state index in [0.29, 0.717) is 25.7 Å². The first-order valence-corrected chi connectivity index (χ1v) is 42.2. The third kappa shape index (κ3) is 68.7. The first kappa shape index (κ1) is 93.5. The van der Waals surface area contributed by atoms with Crippen molar-refractivity contribution in [1.29, 1.82) is 0 Å². The lowest BCUT2D eigenvalue weighted by atomic mass is 10.00. The SMILES string of the molecule is CCCCCC/C=C\C=C/CCCCCCCC(=O)O[C@H](COC(=O)CCCCCCCCCCCCCCCC(C)C)COP(=O)(O)OC[C@@H](O)COP(=O)(O)OC[C@@H](COC(=O)CCCCCCCCC(C)CC)OC(=O)CCCCCCCCCCCCCCC(C)C. The molecule has 0 fully saturated rings. The number of aliphatic hydroxyl groups is 1. The van der Waals surface area contributed by atoms with Crippen LogP contribution in [0.5, 0.6) is 0 Å². The molecule has 0 aromatic heterocycles. The fraction of sp³-hybridized carbons (Fsp3) is 0.896. The van der Waals surface area contributed by atoms with Gasteiger partial charge in [-0.1, -0.05) is 317 Å². The molecule has 0 aliphatic rings. The summed E-state index contributed by atoms with van der Waals surface area (Å²) >= 11 is 0. The van der Waals surface area contributed by atoms with E-state index in [4.69, 9.17) is 37.0 Å². The Morgan fingerprint density at radius 1 is 0.344 bits per heavy atom. The molecule has 0 heterocycles. The van der Waals surface area contributed by atoms with E-state index in [2.05, 4.69) is 72.8 Å². The van der Waals surface area contributed by atoms with Crippen LogP contribution in [0.4, 0.5) is 0 Å². The zero-order valence-electron chi connectivity index (χ0n) is 62.3. The van der Waals surface area contributed by atoms with Crippen molar-refractivity contribution in [1.82, 2.24) is 0 Å². The number of phosphoric acid groups is 2. The van der Waals surface area contributed by atoms with E-state index in [1.165, 1.54) is 161 Å². The molecule has 0 aromatic rings. The van der Waals surface area contributed by atoms with Gasteiger partial charge in [-0.25, -0.2) is 9.13 Å². The number of carbonyl (C=O) groups excluding carboxylic acids is 4. The number of hydrogen-bond donors (Lipinski definition) is 3. The molecule has 19 heteroatoms. The van der Waals surface area contributed by atoms with Crippen LogP contribution >= 0.6 is 15.6 Å². The maximum atomic E-state index is 13.1. The van der Waals surface area contributed by atoms with Gasteiger partial charge in [0.25, 0.3) is 0 Å². The van der Waals surface area contributed by atoms with Gasteiger partial charge in [0.15, 0.2) is 12.2 Å². The number of ether oxygens (including phenoxy) is 4. The monoisotopic (exact) mass is 1410 g/mol. The lowest BCUT2D eigenvalue weighted by Crippen LogP contribution is -2.30. The number of allylic oxidation sites excluding steroid dienone is 4. The van der Waals surface area contributed by atoms with Crippen molar-refractivity contribution in [2.24, 2.45) is 17.8 Å². The number of hydrogen-bond acceptors (Lipinski definition) is 15. The van der Waals surface area contributed by atoms with Crippen molar-refractivity contribution in [2.45, 2.75) is 388 Å². The summed E-state index contributed by atoms with van der Waals surface area (Å²) in [5.74, 6) is 0.146. The molecule has 0 amide bonds. The van der Waals surface area contributed by atoms with Crippen LogP contribution < -0.4 is 0 Å². The third-order valence-electron chi connectivity index (χ3n) is 17.6. The molecule has 0 aromatic carbocycles. The minimum atomic E-state index is -4.97. The Labute approximate surface area is 586 Å². The van der Waals surface area contributed by atoms with Gasteiger partial charge in [0.05, 0.1) is 26.4 Å². The smallest absolute Gasteiger partial charge is 0.462 e. The first-order chi connectivity index (χ1) is 46.3. The average molecular weight is 1410 g/mol. The molecule has 0 aliphatic heterocycles. The van der Waals surface area contributed by atoms with Gasteiger partial charge < -0.3 is 33.8 Å². The van der Waals surface area contributed by atoms with E-state index in [0.717, 1.165) is 127 Å². The summed E-state index contributed by atoms with van der Waals surface area (Å²) in [6.07, 6.45) is 56.3. The highest BCUT2D eigenvalue weighted by atomic mass is 31.2. The van der Waals surface area contributed by atoms with Gasteiger partial charge in [0, 0.05) is 25.7 Å². The predicted octanol–water partition coefficient (Wildman–Crippen LogP) is 22.1. The zero-order chi connectivity index (χ0) is 70.9. The quantitative estimate of drug-likeness (QED) is 0.0169. The van der Waals surface area contributed by atoms with E-state index in [1.54, 1.807) is 0 Å². The standard InChI is InChI=1S/C77H146O17P2/c1-8-10-11-12-13-14-15-16-17-20-27-32-37-46-53-60-76(81)93-72(64-87-74(79)58-51-44-36-31-26-21-18-19-24-29-34-41-48-55-68(3)4)66-91-95(83,84)89-62-71(78)63-90-96(85,86)92-67-73(65-88-75(80)59-52-45-40-39-43-50-57-70(7)9-2)94-77(82)61-54-47-38-33-28-23-22-25-30-35-42-49-56-69(5)6/h14-17,68-73,78H,8-13,18-67H2,1-7H3,(H,83,84)(H,85,86)/b15-14-,17-16-/t70?,71-,72-,73-/m1/s1. The van der Waals surface area contributed by atoms with Crippen LogP contribution in [0.15, 0.2) is 24.3 Å². The topological polar surface area (TPSA) is 237 Å². The van der Waals surface area contributed by atoms with Crippen molar-refractivity contribution in [3.8, 4) is 0 Å². The van der Waals surface area contributed by atoms with Crippen molar-refractivity contribution >= 4 is 39.5 Å². The molecule has 6 atom stereocenters. The van der Waals surface area contributed by atoms with Gasteiger partial charge >= 0.3 is 39.5 Å². The van der Waals surface area contributed by atoms with Gasteiger partial charge in [0.2, 0.25) is 0 Å². The Morgan fingerprint density at radius 3 is 0.927 bits per heavy atom. The summed E-state index contributed by atoms with van der Waals surface area (Å²) in [4.78, 5) is 72.8. The van der Waals surface area contributed by atoms with Crippen LogP contribution in [-0.4, -0.2) is 96.7 Å². The third-order valence-corrected chi connectivity index (χ3v) is 19.5. The minimum Gasteiger partial charge on any atom is -0.462 e. The maximum absolute atomic E-state index is 13.1. The second-order valence-corrected chi connectivity index (χ2v) is 31.2. The molecule has 0 rings (SSSR count).